The normalized spacial score (nSPS) is 10.4. The van der Waals surface area contributed by atoms with Gasteiger partial charge in [0.05, 0.1) is 6.61 Å². The maximum Gasteiger partial charge on any atom is 0.224 e. The van der Waals surface area contributed by atoms with Crippen LogP contribution in [0.2, 0.25) is 5.02 Å². The lowest BCUT2D eigenvalue weighted by atomic mass is 10.2. The number of amides is 1. The number of rotatable bonds is 8. The van der Waals surface area contributed by atoms with Crippen molar-refractivity contribution in [1.29, 1.82) is 0 Å². The van der Waals surface area contributed by atoms with Gasteiger partial charge in [0.25, 0.3) is 0 Å². The first-order valence-corrected chi connectivity index (χ1v) is 9.59. The van der Waals surface area contributed by atoms with Crippen molar-refractivity contribution in [3.8, 4) is 5.75 Å². The fourth-order valence-corrected chi connectivity index (χ4v) is 2.96. The molecule has 0 saturated carbocycles. The molecule has 0 radical (unpaired) electrons. The smallest absolute Gasteiger partial charge is 0.224 e. The second-order valence-corrected chi connectivity index (χ2v) is 6.91. The molecule has 0 aliphatic carbocycles. The highest BCUT2D eigenvalue weighted by Gasteiger charge is 2.05. The van der Waals surface area contributed by atoms with Crippen LogP contribution < -0.4 is 15.4 Å². The van der Waals surface area contributed by atoms with E-state index in [2.05, 4.69) is 10.6 Å². The van der Waals surface area contributed by atoms with Gasteiger partial charge in [-0.1, -0.05) is 29.8 Å². The molecule has 0 bridgehead atoms. The van der Waals surface area contributed by atoms with Crippen LogP contribution in [0, 0.1) is 6.92 Å². The zero-order chi connectivity index (χ0) is 19.8. The monoisotopic (exact) mass is 394 g/mol. The Morgan fingerprint density at radius 1 is 0.929 bits per heavy atom. The van der Waals surface area contributed by atoms with Crippen molar-refractivity contribution in [2.24, 2.45) is 0 Å². The summed E-state index contributed by atoms with van der Waals surface area (Å²) in [5.74, 6) is 0.770. The predicted molar refractivity (Wildman–Crippen MR) is 116 cm³/mol. The van der Waals surface area contributed by atoms with Gasteiger partial charge >= 0.3 is 0 Å². The molecule has 5 heteroatoms. The zero-order valence-corrected chi connectivity index (χ0v) is 16.5. The molecule has 0 saturated heterocycles. The molecule has 1 amide bonds. The summed E-state index contributed by atoms with van der Waals surface area (Å²) in [6, 6.07) is 23.1. The Labute approximate surface area is 170 Å². The predicted octanol–water partition coefficient (Wildman–Crippen LogP) is 6.19. The quantitative estimate of drug-likeness (QED) is 0.448. The van der Waals surface area contributed by atoms with E-state index in [-0.39, 0.29) is 5.91 Å². The van der Waals surface area contributed by atoms with Crippen LogP contribution in [0.4, 0.5) is 17.1 Å². The van der Waals surface area contributed by atoms with Gasteiger partial charge in [-0.3, -0.25) is 4.79 Å². The summed E-state index contributed by atoms with van der Waals surface area (Å²) < 4.78 is 5.72. The van der Waals surface area contributed by atoms with Crippen molar-refractivity contribution in [1.82, 2.24) is 0 Å². The number of benzene rings is 3. The highest BCUT2D eigenvalue weighted by atomic mass is 35.5. The third-order valence-corrected chi connectivity index (χ3v) is 4.41. The van der Waals surface area contributed by atoms with Gasteiger partial charge in [0.2, 0.25) is 5.91 Å². The number of carbonyl (C=O) groups excluding carboxylic acids is 1. The van der Waals surface area contributed by atoms with Crippen molar-refractivity contribution in [3.05, 3.63) is 83.4 Å². The number of anilines is 3. The van der Waals surface area contributed by atoms with Crippen LogP contribution in [0.5, 0.6) is 5.75 Å². The number of aryl methyl sites for hydroxylation is 1. The highest BCUT2D eigenvalue weighted by molar-refractivity contribution is 6.30. The van der Waals surface area contributed by atoms with Crippen molar-refractivity contribution in [2.75, 3.05) is 17.2 Å². The van der Waals surface area contributed by atoms with Gasteiger partial charge in [0.15, 0.2) is 0 Å². The molecule has 0 unspecified atom stereocenters. The SMILES string of the molecule is Cc1cc(Cl)ccc1OCCCC(=O)Nc1ccc(Nc2ccccc2)cc1. The lowest BCUT2D eigenvalue weighted by Crippen LogP contribution is -2.12. The van der Waals surface area contributed by atoms with E-state index in [1.807, 2.05) is 73.7 Å². The molecule has 28 heavy (non-hydrogen) atoms. The van der Waals surface area contributed by atoms with E-state index in [4.69, 9.17) is 16.3 Å². The van der Waals surface area contributed by atoms with Gasteiger partial charge in [-0.05, 0) is 73.5 Å². The van der Waals surface area contributed by atoms with E-state index in [0.29, 0.717) is 24.5 Å². The van der Waals surface area contributed by atoms with Crippen LogP contribution in [-0.2, 0) is 4.79 Å². The molecule has 4 nitrogen and oxygen atoms in total. The molecule has 0 fully saturated rings. The number of ether oxygens (including phenoxy) is 1. The van der Waals surface area contributed by atoms with Crippen LogP contribution in [0.15, 0.2) is 72.8 Å². The summed E-state index contributed by atoms with van der Waals surface area (Å²) in [5, 5.41) is 6.91. The van der Waals surface area contributed by atoms with Gasteiger partial charge in [-0.15, -0.1) is 0 Å². The Morgan fingerprint density at radius 3 is 2.32 bits per heavy atom. The second kappa shape index (κ2) is 9.81. The number of nitrogens with one attached hydrogen (secondary N) is 2. The van der Waals surface area contributed by atoms with Crippen LogP contribution in [0.25, 0.3) is 0 Å². The summed E-state index contributed by atoms with van der Waals surface area (Å²) in [5.41, 5.74) is 3.75. The maximum atomic E-state index is 12.1. The molecular weight excluding hydrogens is 372 g/mol. The molecule has 2 N–H and O–H groups in total. The first-order valence-electron chi connectivity index (χ1n) is 9.21. The van der Waals surface area contributed by atoms with Gasteiger partial charge < -0.3 is 15.4 Å². The van der Waals surface area contributed by atoms with Gasteiger partial charge in [0, 0.05) is 28.5 Å². The third kappa shape index (κ3) is 6.03. The molecule has 3 aromatic rings. The van der Waals surface area contributed by atoms with Crippen molar-refractivity contribution < 1.29 is 9.53 Å². The fraction of sp³-hybridized carbons (Fsp3) is 0.174. The number of hydrogen-bond acceptors (Lipinski definition) is 3. The molecule has 3 aromatic carbocycles. The Morgan fingerprint density at radius 2 is 1.61 bits per heavy atom. The van der Waals surface area contributed by atoms with Gasteiger partial charge in [0.1, 0.15) is 5.75 Å². The minimum absolute atomic E-state index is 0.0276. The molecule has 3 rings (SSSR count). The van der Waals surface area contributed by atoms with Gasteiger partial charge in [-0.2, -0.15) is 0 Å². The molecule has 0 heterocycles. The molecule has 0 atom stereocenters. The number of para-hydroxylation sites is 1. The number of carbonyl (C=O) groups is 1. The second-order valence-electron chi connectivity index (χ2n) is 6.48. The van der Waals surface area contributed by atoms with Gasteiger partial charge in [-0.25, -0.2) is 0 Å². The first kappa shape index (κ1) is 19.8. The summed E-state index contributed by atoms with van der Waals surface area (Å²) >= 11 is 5.93. The molecule has 0 aliphatic heterocycles. The minimum atomic E-state index is -0.0276. The summed E-state index contributed by atoms with van der Waals surface area (Å²) in [6.45, 7) is 2.43. The lowest BCUT2D eigenvalue weighted by molar-refractivity contribution is -0.116. The van der Waals surface area contributed by atoms with Crippen LogP contribution in [-0.4, -0.2) is 12.5 Å². The average molecular weight is 395 g/mol. The average Bonchev–Trinajstić information content (AvgIpc) is 2.69. The van der Waals surface area contributed by atoms with E-state index in [9.17, 15) is 4.79 Å². The fourth-order valence-electron chi connectivity index (χ4n) is 2.74. The Hall–Kier alpha value is -2.98. The Balaban J connectivity index is 1.40. The largest absolute Gasteiger partial charge is 0.493 e. The summed E-state index contributed by atoms with van der Waals surface area (Å²) in [4.78, 5) is 12.1. The molecule has 0 spiro atoms. The summed E-state index contributed by atoms with van der Waals surface area (Å²) in [7, 11) is 0. The number of hydrogen-bond donors (Lipinski definition) is 2. The van der Waals surface area contributed by atoms with E-state index in [0.717, 1.165) is 28.4 Å². The Bertz CT molecular complexity index is 912. The van der Waals surface area contributed by atoms with Crippen LogP contribution >= 0.6 is 11.6 Å². The molecular formula is C23H23ClN2O2. The topological polar surface area (TPSA) is 50.4 Å². The van der Waals surface area contributed by atoms with Crippen molar-refractivity contribution in [2.45, 2.75) is 19.8 Å². The van der Waals surface area contributed by atoms with Crippen LogP contribution in [0.1, 0.15) is 18.4 Å². The third-order valence-electron chi connectivity index (χ3n) is 4.17. The summed E-state index contributed by atoms with van der Waals surface area (Å²) in [6.07, 6.45) is 1.04. The number of halogens is 1. The first-order chi connectivity index (χ1) is 13.6. The maximum absolute atomic E-state index is 12.1. The lowest BCUT2D eigenvalue weighted by Gasteiger charge is -2.10. The zero-order valence-electron chi connectivity index (χ0n) is 15.7. The molecule has 0 aliphatic rings. The van der Waals surface area contributed by atoms with E-state index in [1.54, 1.807) is 6.07 Å². The minimum Gasteiger partial charge on any atom is -0.493 e. The van der Waals surface area contributed by atoms with E-state index in [1.165, 1.54) is 0 Å². The van der Waals surface area contributed by atoms with Crippen molar-refractivity contribution >= 4 is 34.6 Å². The van der Waals surface area contributed by atoms with E-state index < -0.39 is 0 Å². The molecule has 144 valence electrons. The Kier molecular flexibility index (Phi) is 6.93. The molecule has 0 aromatic heterocycles. The van der Waals surface area contributed by atoms with Crippen molar-refractivity contribution in [3.63, 3.8) is 0 Å². The standard InChI is InChI=1S/C23H23ClN2O2/c1-17-16-18(24)9-14-22(17)28-15-5-8-23(27)26-21-12-10-20(11-13-21)25-19-6-3-2-4-7-19/h2-4,6-7,9-14,16,25H,5,8,15H2,1H3,(H,26,27). The van der Waals surface area contributed by atoms with E-state index >= 15 is 0 Å². The highest BCUT2D eigenvalue weighted by Crippen LogP contribution is 2.22. The van der Waals surface area contributed by atoms with Crippen LogP contribution in [0.3, 0.4) is 0 Å².